The van der Waals surface area contributed by atoms with Gasteiger partial charge in [-0.25, -0.2) is 4.98 Å². The van der Waals surface area contributed by atoms with E-state index >= 15 is 0 Å². The first kappa shape index (κ1) is 8.50. The van der Waals surface area contributed by atoms with Gasteiger partial charge in [-0.15, -0.1) is 11.3 Å². The third kappa shape index (κ3) is 1.11. The van der Waals surface area contributed by atoms with E-state index in [1.165, 1.54) is 0 Å². The minimum absolute atomic E-state index is 0.141. The summed E-state index contributed by atoms with van der Waals surface area (Å²) in [6.07, 6.45) is 1.81. The van der Waals surface area contributed by atoms with E-state index < -0.39 is 0 Å². The van der Waals surface area contributed by atoms with Crippen molar-refractivity contribution in [2.45, 2.75) is 12.5 Å². The van der Waals surface area contributed by atoms with Gasteiger partial charge in [0.15, 0.2) is 5.96 Å². The fraction of sp³-hybridized carbons (Fsp3) is 0.500. The molecule has 0 spiro atoms. The average molecular weight is 196 g/mol. The van der Waals surface area contributed by atoms with Crippen LogP contribution in [0.4, 0.5) is 0 Å². The number of rotatable bonds is 1. The lowest BCUT2D eigenvalue weighted by Gasteiger charge is -2.30. The number of aliphatic imine (C=N–C) groups is 1. The molecule has 2 heterocycles. The van der Waals surface area contributed by atoms with Crippen LogP contribution in [-0.2, 0) is 5.54 Å². The smallest absolute Gasteiger partial charge is 0.191 e. The van der Waals surface area contributed by atoms with Crippen molar-refractivity contribution in [3.05, 3.63) is 16.6 Å². The normalized spacial score (nSPS) is 27.8. The molecule has 4 nitrogen and oxygen atoms in total. The monoisotopic (exact) mass is 196 g/mol. The molecule has 0 radical (unpaired) electrons. The fourth-order valence-electron chi connectivity index (χ4n) is 1.40. The molecule has 0 fully saturated rings. The van der Waals surface area contributed by atoms with E-state index in [1.54, 1.807) is 11.3 Å². The summed E-state index contributed by atoms with van der Waals surface area (Å²) in [7, 11) is 1.95. The van der Waals surface area contributed by atoms with Crippen LogP contribution in [0.3, 0.4) is 0 Å². The van der Waals surface area contributed by atoms with Gasteiger partial charge in [0.25, 0.3) is 0 Å². The van der Waals surface area contributed by atoms with Crippen molar-refractivity contribution in [2.24, 2.45) is 10.7 Å². The molecule has 1 aromatic heterocycles. The number of guanidine groups is 1. The fourth-order valence-corrected chi connectivity index (χ4v) is 2.23. The van der Waals surface area contributed by atoms with E-state index in [1.807, 2.05) is 23.5 Å². The molecule has 13 heavy (non-hydrogen) atoms. The second-order valence-electron chi connectivity index (χ2n) is 3.34. The maximum absolute atomic E-state index is 5.71. The minimum Gasteiger partial charge on any atom is -0.370 e. The molecule has 0 bridgehead atoms. The maximum atomic E-state index is 5.71. The van der Waals surface area contributed by atoms with Crippen molar-refractivity contribution in [3.63, 3.8) is 0 Å². The van der Waals surface area contributed by atoms with Crippen molar-refractivity contribution in [3.8, 4) is 0 Å². The van der Waals surface area contributed by atoms with Crippen LogP contribution < -0.4 is 5.73 Å². The molecule has 0 saturated heterocycles. The lowest BCUT2D eigenvalue weighted by atomic mass is 10.0. The standard InChI is InChI=1S/C8H12N4S/c1-8(6-10-3-4-13-6)5-11-7(9)12(8)2/h3-4H,5H2,1-2H3,(H2,9,11). The molecule has 5 heteroatoms. The molecular formula is C8H12N4S. The molecule has 2 rings (SSSR count). The predicted molar refractivity (Wildman–Crippen MR) is 53.7 cm³/mol. The summed E-state index contributed by atoms with van der Waals surface area (Å²) in [5.41, 5.74) is 5.57. The Morgan fingerprint density at radius 2 is 2.46 bits per heavy atom. The van der Waals surface area contributed by atoms with Gasteiger partial charge in [0.05, 0.1) is 6.54 Å². The molecule has 1 atom stereocenters. The molecule has 1 aliphatic heterocycles. The van der Waals surface area contributed by atoms with Crippen LogP contribution >= 0.6 is 11.3 Å². The molecular weight excluding hydrogens is 184 g/mol. The Labute approximate surface area is 81.1 Å². The Hall–Kier alpha value is -1.10. The third-order valence-electron chi connectivity index (χ3n) is 2.53. The second kappa shape index (κ2) is 2.70. The van der Waals surface area contributed by atoms with Crippen LogP contribution in [-0.4, -0.2) is 29.4 Å². The minimum atomic E-state index is -0.141. The summed E-state index contributed by atoms with van der Waals surface area (Å²) in [6.45, 7) is 2.80. The summed E-state index contributed by atoms with van der Waals surface area (Å²) in [5, 5.41) is 3.04. The maximum Gasteiger partial charge on any atom is 0.191 e. The van der Waals surface area contributed by atoms with Crippen molar-refractivity contribution in [2.75, 3.05) is 13.6 Å². The first-order valence-electron chi connectivity index (χ1n) is 4.08. The molecule has 0 amide bonds. The van der Waals surface area contributed by atoms with Crippen LogP contribution in [0.1, 0.15) is 11.9 Å². The van der Waals surface area contributed by atoms with Gasteiger partial charge < -0.3 is 10.6 Å². The molecule has 1 unspecified atom stereocenters. The summed E-state index contributed by atoms with van der Waals surface area (Å²) in [5.74, 6) is 0.595. The van der Waals surface area contributed by atoms with E-state index in [-0.39, 0.29) is 5.54 Å². The zero-order valence-electron chi connectivity index (χ0n) is 7.69. The Balaban J connectivity index is 2.35. The van der Waals surface area contributed by atoms with Gasteiger partial charge in [0.2, 0.25) is 0 Å². The predicted octanol–water partition coefficient (Wildman–Crippen LogP) is 0.618. The summed E-state index contributed by atoms with van der Waals surface area (Å²) in [4.78, 5) is 10.5. The molecule has 1 aromatic rings. The van der Waals surface area contributed by atoms with Crippen molar-refractivity contribution >= 4 is 17.3 Å². The number of hydrogen-bond acceptors (Lipinski definition) is 5. The van der Waals surface area contributed by atoms with Crippen LogP contribution in [0.2, 0.25) is 0 Å². The highest BCUT2D eigenvalue weighted by atomic mass is 32.1. The van der Waals surface area contributed by atoms with Gasteiger partial charge in [-0.05, 0) is 6.92 Å². The highest BCUT2D eigenvalue weighted by Crippen LogP contribution is 2.32. The van der Waals surface area contributed by atoms with E-state index in [4.69, 9.17) is 5.73 Å². The van der Waals surface area contributed by atoms with E-state index in [0.717, 1.165) is 5.01 Å². The molecule has 1 aliphatic rings. The Morgan fingerprint density at radius 3 is 2.92 bits per heavy atom. The van der Waals surface area contributed by atoms with Gasteiger partial charge in [-0.2, -0.15) is 0 Å². The lowest BCUT2D eigenvalue weighted by molar-refractivity contribution is 0.266. The zero-order valence-corrected chi connectivity index (χ0v) is 8.51. The first-order chi connectivity index (χ1) is 6.14. The molecule has 0 saturated carbocycles. The quantitative estimate of drug-likeness (QED) is 0.716. The largest absolute Gasteiger partial charge is 0.370 e. The second-order valence-corrected chi connectivity index (χ2v) is 4.24. The lowest BCUT2D eigenvalue weighted by Crippen LogP contribution is -2.44. The molecule has 2 N–H and O–H groups in total. The molecule has 70 valence electrons. The summed E-state index contributed by atoms with van der Waals surface area (Å²) >= 11 is 1.64. The van der Waals surface area contributed by atoms with Crippen LogP contribution in [0, 0.1) is 0 Å². The van der Waals surface area contributed by atoms with Crippen molar-refractivity contribution in [1.82, 2.24) is 9.88 Å². The zero-order chi connectivity index (χ0) is 9.47. The van der Waals surface area contributed by atoms with E-state index in [0.29, 0.717) is 12.5 Å². The first-order valence-corrected chi connectivity index (χ1v) is 4.96. The molecule has 0 aromatic carbocycles. The number of nitrogens with two attached hydrogens (primary N) is 1. The molecule has 0 aliphatic carbocycles. The Morgan fingerprint density at radius 1 is 1.69 bits per heavy atom. The third-order valence-corrected chi connectivity index (χ3v) is 3.55. The summed E-state index contributed by atoms with van der Waals surface area (Å²) < 4.78 is 0. The van der Waals surface area contributed by atoms with Gasteiger partial charge in [0.1, 0.15) is 10.5 Å². The number of thiazole rings is 1. The van der Waals surface area contributed by atoms with Gasteiger partial charge in [-0.1, -0.05) is 0 Å². The number of hydrogen-bond donors (Lipinski definition) is 1. The van der Waals surface area contributed by atoms with Gasteiger partial charge in [0, 0.05) is 18.6 Å². The Kier molecular flexibility index (Phi) is 1.76. The topological polar surface area (TPSA) is 54.5 Å². The highest BCUT2D eigenvalue weighted by Gasteiger charge is 2.39. The van der Waals surface area contributed by atoms with Crippen LogP contribution in [0.15, 0.2) is 16.6 Å². The number of likely N-dealkylation sites (N-methyl/N-ethyl adjacent to an activating group) is 1. The highest BCUT2D eigenvalue weighted by molar-refractivity contribution is 7.09. The van der Waals surface area contributed by atoms with Gasteiger partial charge >= 0.3 is 0 Å². The van der Waals surface area contributed by atoms with E-state index in [9.17, 15) is 0 Å². The summed E-state index contributed by atoms with van der Waals surface area (Å²) in [6, 6.07) is 0. The Bertz CT molecular complexity index is 332. The van der Waals surface area contributed by atoms with Crippen molar-refractivity contribution < 1.29 is 0 Å². The van der Waals surface area contributed by atoms with Gasteiger partial charge in [-0.3, -0.25) is 4.99 Å². The van der Waals surface area contributed by atoms with Crippen LogP contribution in [0.5, 0.6) is 0 Å². The van der Waals surface area contributed by atoms with Crippen LogP contribution in [0.25, 0.3) is 0 Å². The SMILES string of the molecule is CN1C(N)=NCC1(C)c1nccs1. The number of aromatic nitrogens is 1. The van der Waals surface area contributed by atoms with E-state index in [2.05, 4.69) is 16.9 Å². The van der Waals surface area contributed by atoms with Crippen molar-refractivity contribution in [1.29, 1.82) is 0 Å². The number of nitrogens with zero attached hydrogens (tertiary/aromatic N) is 3. The average Bonchev–Trinajstić information content (AvgIpc) is 2.71.